The zero-order valence-corrected chi connectivity index (χ0v) is 10.7. The quantitative estimate of drug-likeness (QED) is 0.718. The highest BCUT2D eigenvalue weighted by Crippen LogP contribution is 2.18. The summed E-state index contributed by atoms with van der Waals surface area (Å²) >= 11 is 5.80. The van der Waals surface area contributed by atoms with E-state index in [0.717, 1.165) is 0 Å². The first-order valence-electron chi connectivity index (χ1n) is 5.30. The molecule has 4 N–H and O–H groups in total. The van der Waals surface area contributed by atoms with Crippen molar-refractivity contribution in [3.63, 3.8) is 0 Å². The maximum Gasteiger partial charge on any atom is 0.253 e. The molecule has 0 bridgehead atoms. The highest BCUT2D eigenvalue weighted by molar-refractivity contribution is 6.31. The van der Waals surface area contributed by atoms with E-state index in [0.29, 0.717) is 22.8 Å². The molecule has 0 aliphatic rings. The number of nitrogen functional groups attached to an aromatic ring is 1. The van der Waals surface area contributed by atoms with Gasteiger partial charge in [-0.15, -0.1) is 0 Å². The van der Waals surface area contributed by atoms with Gasteiger partial charge in [-0.1, -0.05) is 25.4 Å². The van der Waals surface area contributed by atoms with Gasteiger partial charge in [0.15, 0.2) is 0 Å². The summed E-state index contributed by atoms with van der Waals surface area (Å²) < 4.78 is 0. The average Bonchev–Trinajstić information content (AvgIpc) is 2.29. The molecule has 1 amide bonds. The maximum absolute atomic E-state index is 11.8. The maximum atomic E-state index is 11.8. The van der Waals surface area contributed by atoms with Gasteiger partial charge in [0, 0.05) is 29.3 Å². The minimum Gasteiger partial charge on any atom is -0.398 e. The molecule has 4 nitrogen and oxygen atoms in total. The monoisotopic (exact) mass is 256 g/mol. The zero-order valence-electron chi connectivity index (χ0n) is 9.96. The van der Waals surface area contributed by atoms with E-state index in [-0.39, 0.29) is 17.9 Å². The molecule has 17 heavy (non-hydrogen) atoms. The molecule has 0 fully saturated rings. The topological polar surface area (TPSA) is 75.3 Å². The Balaban J connectivity index is 2.74. The third kappa shape index (κ3) is 3.91. The van der Waals surface area contributed by atoms with Crippen molar-refractivity contribution < 1.29 is 9.90 Å². The van der Waals surface area contributed by atoms with Gasteiger partial charge in [-0.3, -0.25) is 4.79 Å². The molecule has 0 atom stereocenters. The Morgan fingerprint density at radius 3 is 2.76 bits per heavy atom. The molecule has 0 saturated carbocycles. The van der Waals surface area contributed by atoms with E-state index in [1.54, 1.807) is 12.1 Å². The van der Waals surface area contributed by atoms with Crippen LogP contribution < -0.4 is 11.1 Å². The molecule has 0 radical (unpaired) electrons. The lowest BCUT2D eigenvalue weighted by molar-refractivity contribution is 0.0912. The minimum atomic E-state index is -0.358. The summed E-state index contributed by atoms with van der Waals surface area (Å²) in [6.45, 7) is 4.08. The molecular weight excluding hydrogens is 240 g/mol. The Hall–Kier alpha value is -1.26. The van der Waals surface area contributed by atoms with Crippen LogP contribution in [0.1, 0.15) is 24.2 Å². The second kappa shape index (κ2) is 5.38. The molecular formula is C12H17ClN2O2. The van der Waals surface area contributed by atoms with Gasteiger partial charge in [-0.25, -0.2) is 0 Å². The summed E-state index contributed by atoms with van der Waals surface area (Å²) in [4.78, 5) is 11.8. The van der Waals surface area contributed by atoms with E-state index in [9.17, 15) is 4.79 Å². The van der Waals surface area contributed by atoms with Crippen LogP contribution in [-0.2, 0) is 0 Å². The van der Waals surface area contributed by atoms with Crippen molar-refractivity contribution in [2.75, 3.05) is 18.9 Å². The number of benzene rings is 1. The fourth-order valence-electron chi connectivity index (χ4n) is 1.20. The summed E-state index contributed by atoms with van der Waals surface area (Å²) in [5.74, 6) is -0.286. The van der Waals surface area contributed by atoms with Gasteiger partial charge in [0.1, 0.15) is 0 Å². The fourth-order valence-corrected chi connectivity index (χ4v) is 1.37. The second-order valence-electron chi connectivity index (χ2n) is 4.74. The van der Waals surface area contributed by atoms with Crippen LogP contribution >= 0.6 is 11.6 Å². The van der Waals surface area contributed by atoms with Crippen molar-refractivity contribution in [1.29, 1.82) is 0 Å². The fraction of sp³-hybridized carbons (Fsp3) is 0.417. The van der Waals surface area contributed by atoms with Crippen LogP contribution in [0.3, 0.4) is 0 Å². The molecule has 1 rings (SSSR count). The number of amides is 1. The zero-order chi connectivity index (χ0) is 13.1. The summed E-state index contributed by atoms with van der Waals surface area (Å²) in [6, 6.07) is 4.75. The highest BCUT2D eigenvalue weighted by Gasteiger charge is 2.18. The summed E-state index contributed by atoms with van der Waals surface area (Å²) in [5, 5.41) is 12.3. The van der Waals surface area contributed by atoms with Gasteiger partial charge < -0.3 is 16.2 Å². The summed E-state index contributed by atoms with van der Waals surface area (Å²) in [5.41, 5.74) is 6.07. The van der Waals surface area contributed by atoms with Crippen molar-refractivity contribution in [1.82, 2.24) is 5.32 Å². The molecule has 1 aromatic carbocycles. The predicted octanol–water partition coefficient (Wildman–Crippen LogP) is 1.67. The van der Waals surface area contributed by atoms with Gasteiger partial charge in [0.2, 0.25) is 0 Å². The number of aliphatic hydroxyl groups excluding tert-OH is 1. The van der Waals surface area contributed by atoms with Crippen LogP contribution in [0.15, 0.2) is 18.2 Å². The number of nitrogens with two attached hydrogens (primary N) is 1. The summed E-state index contributed by atoms with van der Waals surface area (Å²) in [6.07, 6.45) is 0. The van der Waals surface area contributed by atoms with Gasteiger partial charge in [-0.2, -0.15) is 0 Å². The number of carbonyl (C=O) groups is 1. The third-order valence-corrected chi connectivity index (χ3v) is 2.65. The number of hydrogen-bond donors (Lipinski definition) is 3. The number of hydrogen-bond acceptors (Lipinski definition) is 3. The molecule has 94 valence electrons. The lowest BCUT2D eigenvalue weighted by Gasteiger charge is -2.22. The van der Waals surface area contributed by atoms with Crippen LogP contribution in [-0.4, -0.2) is 24.2 Å². The molecule has 1 aromatic rings. The van der Waals surface area contributed by atoms with Crippen molar-refractivity contribution in [3.8, 4) is 0 Å². The van der Waals surface area contributed by atoms with Crippen LogP contribution in [0, 0.1) is 5.41 Å². The number of anilines is 1. The number of rotatable bonds is 4. The van der Waals surface area contributed by atoms with Crippen molar-refractivity contribution in [2.45, 2.75) is 13.8 Å². The number of nitrogens with one attached hydrogen (secondary N) is 1. The average molecular weight is 257 g/mol. The van der Waals surface area contributed by atoms with Crippen LogP contribution in [0.25, 0.3) is 0 Å². The Bertz CT molecular complexity index is 419. The Morgan fingerprint density at radius 2 is 2.18 bits per heavy atom. The van der Waals surface area contributed by atoms with Crippen molar-refractivity contribution >= 4 is 23.2 Å². The van der Waals surface area contributed by atoms with Gasteiger partial charge in [-0.05, 0) is 18.2 Å². The number of halogens is 1. The standard InChI is InChI=1S/C12H17ClN2O2/c1-12(2,7-16)6-15-11(17)9-5-8(13)3-4-10(9)14/h3-5,16H,6-7,14H2,1-2H3,(H,15,17). The van der Waals surface area contributed by atoms with E-state index >= 15 is 0 Å². The molecule has 0 unspecified atom stereocenters. The molecule has 0 aliphatic carbocycles. The predicted molar refractivity (Wildman–Crippen MR) is 69.1 cm³/mol. The van der Waals surface area contributed by atoms with Crippen LogP contribution in [0.5, 0.6) is 0 Å². The molecule has 0 heterocycles. The summed E-state index contributed by atoms with van der Waals surface area (Å²) in [7, 11) is 0. The van der Waals surface area contributed by atoms with E-state index < -0.39 is 0 Å². The second-order valence-corrected chi connectivity index (χ2v) is 5.17. The van der Waals surface area contributed by atoms with Gasteiger partial charge in [0.05, 0.1) is 5.56 Å². The smallest absolute Gasteiger partial charge is 0.253 e. The van der Waals surface area contributed by atoms with E-state index in [2.05, 4.69) is 5.32 Å². The van der Waals surface area contributed by atoms with Gasteiger partial charge >= 0.3 is 0 Å². The Labute approximate surface area is 106 Å². The van der Waals surface area contributed by atoms with Crippen molar-refractivity contribution in [2.24, 2.45) is 5.41 Å². The Kier molecular flexibility index (Phi) is 4.37. The minimum absolute atomic E-state index is 0.00168. The van der Waals surface area contributed by atoms with Gasteiger partial charge in [0.25, 0.3) is 5.91 Å². The molecule has 5 heteroatoms. The van der Waals surface area contributed by atoms with Crippen LogP contribution in [0.4, 0.5) is 5.69 Å². The lowest BCUT2D eigenvalue weighted by atomic mass is 9.95. The lowest BCUT2D eigenvalue weighted by Crippen LogP contribution is -2.36. The molecule has 0 aromatic heterocycles. The highest BCUT2D eigenvalue weighted by atomic mass is 35.5. The first-order chi connectivity index (χ1) is 7.85. The SMILES string of the molecule is CC(C)(CO)CNC(=O)c1cc(Cl)ccc1N. The first-order valence-corrected chi connectivity index (χ1v) is 5.67. The van der Waals surface area contributed by atoms with Crippen LogP contribution in [0.2, 0.25) is 5.02 Å². The normalized spacial score (nSPS) is 11.3. The van der Waals surface area contributed by atoms with E-state index in [1.165, 1.54) is 6.07 Å². The van der Waals surface area contributed by atoms with E-state index in [4.69, 9.17) is 22.4 Å². The Morgan fingerprint density at radius 1 is 1.53 bits per heavy atom. The molecule has 0 spiro atoms. The van der Waals surface area contributed by atoms with E-state index in [1.807, 2.05) is 13.8 Å². The first kappa shape index (κ1) is 13.8. The molecule has 0 saturated heterocycles. The molecule has 0 aliphatic heterocycles. The number of carbonyl (C=O) groups excluding carboxylic acids is 1. The third-order valence-electron chi connectivity index (χ3n) is 2.42. The van der Waals surface area contributed by atoms with Crippen molar-refractivity contribution in [3.05, 3.63) is 28.8 Å². The number of aliphatic hydroxyl groups is 1. The largest absolute Gasteiger partial charge is 0.398 e.